The molecule has 0 radical (unpaired) electrons. The van der Waals surface area contributed by atoms with Gasteiger partial charge in [0.25, 0.3) is 8.32 Å². The Morgan fingerprint density at radius 1 is 0.921 bits per heavy atom. The van der Waals surface area contributed by atoms with Crippen molar-refractivity contribution in [1.29, 1.82) is 0 Å². The first-order chi connectivity index (χ1) is 18.3. The van der Waals surface area contributed by atoms with Crippen LogP contribution < -0.4 is 10.4 Å². The Kier molecular flexibility index (Phi) is 7.49. The molecule has 5 nitrogen and oxygen atoms in total. The highest BCUT2D eigenvalue weighted by molar-refractivity contribution is 6.99. The van der Waals surface area contributed by atoms with E-state index in [9.17, 15) is 4.79 Å². The van der Waals surface area contributed by atoms with Crippen LogP contribution in [0.2, 0.25) is 5.04 Å². The Morgan fingerprint density at radius 3 is 2.03 bits per heavy atom. The van der Waals surface area contributed by atoms with Gasteiger partial charge in [0, 0.05) is 13.1 Å². The minimum Gasteiger partial charge on any atom is -0.450 e. The van der Waals surface area contributed by atoms with E-state index in [-0.39, 0.29) is 17.2 Å². The van der Waals surface area contributed by atoms with Gasteiger partial charge in [0.15, 0.2) is 0 Å². The Labute approximate surface area is 227 Å². The minimum absolute atomic E-state index is 0.101. The van der Waals surface area contributed by atoms with E-state index in [1.54, 1.807) is 4.90 Å². The fourth-order valence-corrected chi connectivity index (χ4v) is 10.9. The van der Waals surface area contributed by atoms with E-state index in [0.29, 0.717) is 26.3 Å². The molecule has 1 fully saturated rings. The molecule has 3 aromatic rings. The maximum absolute atomic E-state index is 12.3. The second kappa shape index (κ2) is 10.7. The highest BCUT2D eigenvalue weighted by atomic mass is 28.4. The summed E-state index contributed by atoms with van der Waals surface area (Å²) in [6.45, 7) is 10.9. The molecule has 2 aliphatic heterocycles. The quantitative estimate of drug-likeness (QED) is 0.380. The van der Waals surface area contributed by atoms with E-state index < -0.39 is 13.9 Å². The summed E-state index contributed by atoms with van der Waals surface area (Å²) in [5, 5.41) is 2.43. The zero-order valence-corrected chi connectivity index (χ0v) is 24.0. The number of hydrogen-bond acceptors (Lipinski definition) is 4. The number of rotatable bonds is 6. The molecule has 1 unspecified atom stereocenters. The van der Waals surface area contributed by atoms with Crippen molar-refractivity contribution < 1.29 is 18.7 Å². The van der Waals surface area contributed by atoms with Crippen LogP contribution in [0.3, 0.4) is 0 Å². The zero-order chi connectivity index (χ0) is 26.8. The molecule has 0 aromatic heterocycles. The molecule has 38 heavy (non-hydrogen) atoms. The van der Waals surface area contributed by atoms with Crippen LogP contribution >= 0.6 is 0 Å². The van der Waals surface area contributed by atoms with Crippen LogP contribution in [0, 0.1) is 0 Å². The largest absolute Gasteiger partial charge is 0.450 e. The van der Waals surface area contributed by atoms with E-state index in [4.69, 9.17) is 13.9 Å². The predicted octanol–water partition coefficient (Wildman–Crippen LogP) is 5.78. The number of nitrogens with zero attached hydrogens (tertiary/aromatic N) is 1. The molecule has 1 atom stereocenters. The normalized spacial score (nSPS) is 18.8. The molecule has 0 saturated carbocycles. The Hall–Kier alpha value is -2.93. The number of carbonyl (C=O) groups excluding carboxylic acids is 1. The molecule has 5 rings (SSSR count). The summed E-state index contributed by atoms with van der Waals surface area (Å²) in [7, 11) is -2.68. The highest BCUT2D eigenvalue weighted by Crippen LogP contribution is 2.50. The monoisotopic (exact) mass is 529 g/mol. The molecule has 200 valence electrons. The summed E-state index contributed by atoms with van der Waals surface area (Å²) in [4.78, 5) is 14.1. The average molecular weight is 530 g/mol. The number of likely N-dealkylation sites (tertiary alicyclic amines) is 1. The molecule has 2 heterocycles. The molecule has 6 heteroatoms. The molecule has 1 amide bonds. The van der Waals surface area contributed by atoms with Gasteiger partial charge in [-0.25, -0.2) is 4.79 Å². The molecule has 1 saturated heterocycles. The van der Waals surface area contributed by atoms with Crippen LogP contribution in [-0.2, 0) is 19.5 Å². The lowest BCUT2D eigenvalue weighted by atomic mass is 9.83. The third-order valence-electron chi connectivity index (χ3n) is 8.13. The number of fused-ring (bicyclic) bond motifs is 2. The van der Waals surface area contributed by atoms with Gasteiger partial charge in [-0.1, -0.05) is 106 Å². The van der Waals surface area contributed by atoms with Crippen LogP contribution in [0.15, 0.2) is 84.9 Å². The van der Waals surface area contributed by atoms with Crippen molar-refractivity contribution in [2.45, 2.75) is 57.3 Å². The summed E-state index contributed by atoms with van der Waals surface area (Å²) in [6, 6.07) is 30.0. The lowest BCUT2D eigenvalue weighted by molar-refractivity contribution is -0.118. The molecule has 0 N–H and O–H groups in total. The topological polar surface area (TPSA) is 48.0 Å². The van der Waals surface area contributed by atoms with E-state index in [0.717, 1.165) is 12.8 Å². The SMILES string of the molecule is CCOC(=O)N1CCC2(CC1)OC(CO[Si](c1ccccc1)(c1ccccc1)C(C)(C)C)c1ccccc12. The van der Waals surface area contributed by atoms with Crippen molar-refractivity contribution in [3.05, 3.63) is 96.1 Å². The van der Waals surface area contributed by atoms with Gasteiger partial charge in [-0.05, 0) is 46.3 Å². The smallest absolute Gasteiger partial charge is 0.409 e. The highest BCUT2D eigenvalue weighted by Gasteiger charge is 2.52. The third kappa shape index (κ3) is 4.70. The Balaban J connectivity index is 1.45. The third-order valence-corrected chi connectivity index (χ3v) is 13.1. The zero-order valence-electron chi connectivity index (χ0n) is 23.0. The van der Waals surface area contributed by atoms with Crippen LogP contribution in [0.5, 0.6) is 0 Å². The summed E-state index contributed by atoms with van der Waals surface area (Å²) in [5.74, 6) is 0. The van der Waals surface area contributed by atoms with Gasteiger partial charge in [0.1, 0.15) is 6.10 Å². The number of amides is 1. The van der Waals surface area contributed by atoms with E-state index in [1.165, 1.54) is 21.5 Å². The summed E-state index contributed by atoms with van der Waals surface area (Å²) in [6.07, 6.45) is 1.10. The second-order valence-electron chi connectivity index (χ2n) is 11.3. The maximum atomic E-state index is 12.3. The number of piperidine rings is 1. The van der Waals surface area contributed by atoms with Gasteiger partial charge in [-0.3, -0.25) is 0 Å². The van der Waals surface area contributed by atoms with Gasteiger partial charge in [-0.15, -0.1) is 0 Å². The van der Waals surface area contributed by atoms with Gasteiger partial charge in [0.2, 0.25) is 0 Å². The van der Waals surface area contributed by atoms with Crippen molar-refractivity contribution in [1.82, 2.24) is 4.90 Å². The molecule has 0 bridgehead atoms. The van der Waals surface area contributed by atoms with Crippen molar-refractivity contribution in [3.63, 3.8) is 0 Å². The molecule has 0 aliphatic carbocycles. The van der Waals surface area contributed by atoms with Gasteiger partial charge in [-0.2, -0.15) is 0 Å². The number of ether oxygens (including phenoxy) is 2. The fraction of sp³-hybridized carbons (Fsp3) is 0.406. The van der Waals surface area contributed by atoms with Gasteiger partial charge >= 0.3 is 6.09 Å². The van der Waals surface area contributed by atoms with E-state index in [2.05, 4.69) is 106 Å². The van der Waals surface area contributed by atoms with Crippen LogP contribution in [0.4, 0.5) is 4.79 Å². The average Bonchev–Trinajstić information content (AvgIpc) is 3.23. The number of hydrogen-bond donors (Lipinski definition) is 0. The Morgan fingerprint density at radius 2 is 1.47 bits per heavy atom. The van der Waals surface area contributed by atoms with Gasteiger partial charge in [0.05, 0.1) is 18.8 Å². The second-order valence-corrected chi connectivity index (χ2v) is 15.7. The lowest BCUT2D eigenvalue weighted by Gasteiger charge is -2.44. The first kappa shape index (κ1) is 26.7. The van der Waals surface area contributed by atoms with Gasteiger partial charge < -0.3 is 18.8 Å². The molecule has 1 spiro atoms. The van der Waals surface area contributed by atoms with E-state index >= 15 is 0 Å². The summed E-state index contributed by atoms with van der Waals surface area (Å²) in [5.41, 5.74) is 2.04. The van der Waals surface area contributed by atoms with Crippen LogP contribution in [0.25, 0.3) is 0 Å². The minimum atomic E-state index is -2.68. The van der Waals surface area contributed by atoms with Crippen molar-refractivity contribution in [2.75, 3.05) is 26.3 Å². The lowest BCUT2D eigenvalue weighted by Crippen LogP contribution is -2.66. The number of benzene rings is 3. The summed E-state index contributed by atoms with van der Waals surface area (Å²) < 4.78 is 19.5. The van der Waals surface area contributed by atoms with Crippen molar-refractivity contribution >= 4 is 24.8 Å². The molecule has 2 aliphatic rings. The molecule has 3 aromatic carbocycles. The van der Waals surface area contributed by atoms with Crippen LogP contribution in [-0.4, -0.2) is 45.6 Å². The Bertz CT molecular complexity index is 1190. The van der Waals surface area contributed by atoms with Crippen molar-refractivity contribution in [3.8, 4) is 0 Å². The first-order valence-corrected chi connectivity index (χ1v) is 15.7. The summed E-state index contributed by atoms with van der Waals surface area (Å²) >= 11 is 0. The number of carbonyl (C=O) groups is 1. The molecular weight excluding hydrogens is 490 g/mol. The molecular formula is C32H39NO4Si. The maximum Gasteiger partial charge on any atom is 0.409 e. The standard InChI is InChI=1S/C32H39NO4Si/c1-5-35-30(34)33-22-20-32(21-23-33)28-19-13-12-18-27(28)29(37-32)24-36-38(31(2,3)4,25-14-8-6-9-15-25)26-16-10-7-11-17-26/h6-19,29H,5,20-24H2,1-4H3. The first-order valence-electron chi connectivity index (χ1n) is 13.7. The van der Waals surface area contributed by atoms with E-state index in [1.807, 2.05) is 6.92 Å². The fourth-order valence-electron chi connectivity index (χ4n) is 6.33. The predicted molar refractivity (Wildman–Crippen MR) is 153 cm³/mol. The van der Waals surface area contributed by atoms with Crippen molar-refractivity contribution in [2.24, 2.45) is 0 Å². The van der Waals surface area contributed by atoms with Crippen LogP contribution in [0.1, 0.15) is 57.8 Å².